The van der Waals surface area contributed by atoms with Gasteiger partial charge in [-0.05, 0) is 133 Å². The maximum atomic E-state index is 6.59. The van der Waals surface area contributed by atoms with Crippen LogP contribution in [0.5, 0.6) is 0 Å². The number of nitrogens with zero attached hydrogens (tertiary/aromatic N) is 1. The van der Waals surface area contributed by atoms with Gasteiger partial charge in [-0.2, -0.15) is 0 Å². The van der Waals surface area contributed by atoms with Crippen LogP contribution in [-0.4, -0.2) is 4.98 Å². The zero-order valence-corrected chi connectivity index (χ0v) is 35.7. The number of aryl methyl sites for hydroxylation is 1. The smallest absolute Gasteiger partial charge is 0.227 e. The predicted octanol–water partition coefficient (Wildman–Crippen LogP) is 17.0. The van der Waals surface area contributed by atoms with E-state index in [1.807, 2.05) is 42.5 Å². The maximum absolute atomic E-state index is 6.59. The lowest BCUT2D eigenvalue weighted by molar-refractivity contribution is 0.622. The molecular weight excluding hydrogens is 791 g/mol. The second-order valence-corrected chi connectivity index (χ2v) is 17.0. The average Bonchev–Trinajstić information content (AvgIpc) is 3.99. The third kappa shape index (κ3) is 7.27. The van der Waals surface area contributed by atoms with Crippen LogP contribution in [-0.2, 0) is 6.42 Å². The van der Waals surface area contributed by atoms with Crippen molar-refractivity contribution in [2.24, 2.45) is 0 Å². The van der Waals surface area contributed by atoms with E-state index >= 15 is 0 Å². The second-order valence-electron chi connectivity index (χ2n) is 17.0. The van der Waals surface area contributed by atoms with Crippen LogP contribution in [0.4, 0.5) is 0 Å². The van der Waals surface area contributed by atoms with Gasteiger partial charge in [0.15, 0.2) is 5.58 Å². The maximum Gasteiger partial charge on any atom is 0.227 e. The SMILES string of the molecule is c1ccc(-c2ccc(C(CCc3ccccc3-c3ccc4ccccc4c3)c3ccc(-c4ccc5c(c4)oc4ccc6nc(-c7ccccc7)oc6c45)c(-c4ccccc4)c3)cc2)cc1. The molecule has 0 bridgehead atoms. The van der Waals surface area contributed by atoms with Crippen molar-refractivity contribution in [1.82, 2.24) is 4.98 Å². The first-order valence-electron chi connectivity index (χ1n) is 22.4. The summed E-state index contributed by atoms with van der Waals surface area (Å²) in [5.74, 6) is 0.746. The Bertz CT molecular complexity index is 3640. The van der Waals surface area contributed by atoms with Crippen molar-refractivity contribution in [2.45, 2.75) is 18.8 Å². The molecule has 10 aromatic carbocycles. The Morgan fingerprint density at radius 2 is 1.02 bits per heavy atom. The van der Waals surface area contributed by atoms with E-state index in [0.29, 0.717) is 5.89 Å². The first-order chi connectivity index (χ1) is 32.2. The summed E-state index contributed by atoms with van der Waals surface area (Å²) in [6, 6.07) is 82.8. The first kappa shape index (κ1) is 38.4. The molecule has 0 spiro atoms. The third-order valence-electron chi connectivity index (χ3n) is 13.1. The largest absolute Gasteiger partial charge is 0.456 e. The predicted molar refractivity (Wildman–Crippen MR) is 269 cm³/mol. The fraction of sp³-hybridized carbons (Fsp3) is 0.0484. The van der Waals surface area contributed by atoms with Crippen molar-refractivity contribution in [3.05, 3.63) is 247 Å². The summed E-state index contributed by atoms with van der Waals surface area (Å²) in [6.45, 7) is 0. The van der Waals surface area contributed by atoms with Crippen molar-refractivity contribution in [3.8, 4) is 56.0 Å². The molecule has 0 radical (unpaired) electrons. The number of benzene rings is 10. The molecule has 0 saturated carbocycles. The van der Waals surface area contributed by atoms with Gasteiger partial charge in [-0.25, -0.2) is 4.98 Å². The molecule has 3 nitrogen and oxygen atoms in total. The van der Waals surface area contributed by atoms with Crippen molar-refractivity contribution < 1.29 is 8.83 Å². The minimum atomic E-state index is 0.143. The van der Waals surface area contributed by atoms with Crippen LogP contribution in [0.15, 0.2) is 239 Å². The third-order valence-corrected chi connectivity index (χ3v) is 13.1. The Morgan fingerprint density at radius 3 is 1.82 bits per heavy atom. The fourth-order valence-electron chi connectivity index (χ4n) is 9.75. The van der Waals surface area contributed by atoms with Crippen LogP contribution in [0, 0.1) is 0 Å². The van der Waals surface area contributed by atoms with Gasteiger partial charge in [-0.3, -0.25) is 0 Å². The molecule has 2 heterocycles. The highest BCUT2D eigenvalue weighted by Gasteiger charge is 2.21. The minimum absolute atomic E-state index is 0.143. The summed E-state index contributed by atoms with van der Waals surface area (Å²) < 4.78 is 13.0. The van der Waals surface area contributed by atoms with Gasteiger partial charge >= 0.3 is 0 Å². The van der Waals surface area contributed by atoms with Gasteiger partial charge in [-0.15, -0.1) is 0 Å². The Kier molecular flexibility index (Phi) is 9.72. The van der Waals surface area contributed by atoms with Gasteiger partial charge in [0, 0.05) is 16.9 Å². The Morgan fingerprint density at radius 1 is 0.385 bits per heavy atom. The first-order valence-corrected chi connectivity index (χ1v) is 22.4. The van der Waals surface area contributed by atoms with E-state index < -0.39 is 0 Å². The monoisotopic (exact) mass is 833 g/mol. The minimum Gasteiger partial charge on any atom is -0.456 e. The van der Waals surface area contributed by atoms with Crippen molar-refractivity contribution in [3.63, 3.8) is 0 Å². The van der Waals surface area contributed by atoms with Gasteiger partial charge in [0.05, 0.1) is 5.39 Å². The molecule has 12 rings (SSSR count). The van der Waals surface area contributed by atoms with E-state index in [4.69, 9.17) is 13.8 Å². The summed E-state index contributed by atoms with van der Waals surface area (Å²) >= 11 is 0. The van der Waals surface area contributed by atoms with Gasteiger partial charge in [0.2, 0.25) is 5.89 Å². The lowest BCUT2D eigenvalue weighted by atomic mass is 9.82. The van der Waals surface area contributed by atoms with Crippen LogP contribution in [0.2, 0.25) is 0 Å². The average molecular weight is 834 g/mol. The van der Waals surface area contributed by atoms with Crippen LogP contribution in [0.25, 0.3) is 99.8 Å². The van der Waals surface area contributed by atoms with Crippen molar-refractivity contribution in [1.29, 1.82) is 0 Å². The van der Waals surface area contributed by atoms with E-state index in [9.17, 15) is 0 Å². The summed E-state index contributed by atoms with van der Waals surface area (Å²) in [7, 11) is 0. The topological polar surface area (TPSA) is 39.2 Å². The molecule has 308 valence electrons. The number of oxazole rings is 1. The number of fused-ring (bicyclic) bond motifs is 6. The van der Waals surface area contributed by atoms with Gasteiger partial charge in [0.1, 0.15) is 16.7 Å². The van der Waals surface area contributed by atoms with Gasteiger partial charge in [-0.1, -0.05) is 182 Å². The molecule has 0 aliphatic carbocycles. The van der Waals surface area contributed by atoms with Crippen LogP contribution in [0.1, 0.15) is 29.0 Å². The Balaban J connectivity index is 0.949. The number of hydrogen-bond donors (Lipinski definition) is 0. The number of rotatable bonds is 10. The molecule has 0 N–H and O–H groups in total. The molecule has 1 atom stereocenters. The standard InChI is InChI=1S/C62H43NO2/c1-4-14-41(15-5-1)43-24-27-46(28-25-43)53(33-30-45-19-12-13-23-52(45)49-29-26-42-16-10-11-22-48(42)38-49)50-31-34-54(56(39-50)44-17-6-2-7-18-44)51-32-35-55-59(40-51)64-58-37-36-57-61(60(55)58)65-62(63-57)47-20-8-3-9-21-47/h1-29,31-32,34-40,53H,30,33H2. The second kappa shape index (κ2) is 16.5. The molecular formula is C62H43NO2. The zero-order valence-electron chi connectivity index (χ0n) is 35.7. The molecule has 2 aromatic heterocycles. The summed E-state index contributed by atoms with van der Waals surface area (Å²) in [5.41, 5.74) is 17.6. The van der Waals surface area contributed by atoms with Crippen LogP contribution in [0.3, 0.4) is 0 Å². The Labute approximate surface area is 377 Å². The van der Waals surface area contributed by atoms with E-state index in [1.165, 1.54) is 60.8 Å². The lowest BCUT2D eigenvalue weighted by Crippen LogP contribution is -2.05. The molecule has 0 fully saturated rings. The Hall–Kier alpha value is -8.27. The summed E-state index contributed by atoms with van der Waals surface area (Å²) in [5, 5.41) is 4.47. The molecule has 3 heteroatoms. The normalized spacial score (nSPS) is 12.1. The zero-order chi connectivity index (χ0) is 43.1. The number of furan rings is 1. The van der Waals surface area contributed by atoms with Crippen molar-refractivity contribution >= 4 is 43.8 Å². The van der Waals surface area contributed by atoms with Gasteiger partial charge in [0.25, 0.3) is 0 Å². The van der Waals surface area contributed by atoms with E-state index in [0.717, 1.165) is 62.6 Å². The summed E-state index contributed by atoms with van der Waals surface area (Å²) in [6.07, 6.45) is 1.86. The van der Waals surface area contributed by atoms with Crippen LogP contribution < -0.4 is 0 Å². The van der Waals surface area contributed by atoms with E-state index in [-0.39, 0.29) is 5.92 Å². The summed E-state index contributed by atoms with van der Waals surface area (Å²) in [4.78, 5) is 4.84. The molecule has 1 unspecified atom stereocenters. The highest BCUT2D eigenvalue weighted by molar-refractivity contribution is 6.17. The molecule has 65 heavy (non-hydrogen) atoms. The molecule has 0 aliphatic rings. The number of hydrogen-bond acceptors (Lipinski definition) is 3. The van der Waals surface area contributed by atoms with Crippen molar-refractivity contribution in [2.75, 3.05) is 0 Å². The lowest BCUT2D eigenvalue weighted by Gasteiger charge is -2.22. The highest BCUT2D eigenvalue weighted by atomic mass is 16.4. The number of aromatic nitrogens is 1. The molecule has 0 aliphatic heterocycles. The quantitative estimate of drug-likeness (QED) is 0.138. The van der Waals surface area contributed by atoms with E-state index in [1.54, 1.807) is 0 Å². The highest BCUT2D eigenvalue weighted by Crippen LogP contribution is 2.42. The molecule has 12 aromatic rings. The van der Waals surface area contributed by atoms with Crippen LogP contribution >= 0.6 is 0 Å². The molecule has 0 saturated heterocycles. The molecule has 0 amide bonds. The fourth-order valence-corrected chi connectivity index (χ4v) is 9.75. The van der Waals surface area contributed by atoms with E-state index in [2.05, 4.69) is 188 Å². The van der Waals surface area contributed by atoms with Gasteiger partial charge < -0.3 is 8.83 Å².